The number of rotatable bonds is 3. The zero-order valence-electron chi connectivity index (χ0n) is 6.91. The highest BCUT2D eigenvalue weighted by Crippen LogP contribution is 2.09. The molecule has 0 aliphatic carbocycles. The molecule has 1 aromatic rings. The number of hydrogen-bond acceptors (Lipinski definition) is 3. The van der Waals surface area contributed by atoms with Crippen molar-refractivity contribution in [2.24, 2.45) is 0 Å². The largest absolute Gasteiger partial charge is 0.478 e. The van der Waals surface area contributed by atoms with Gasteiger partial charge in [0, 0.05) is 11.0 Å². The molecule has 0 aliphatic rings. The number of thiophene rings is 1. The molecule has 1 N–H and O–H groups in total. The van der Waals surface area contributed by atoms with Crippen LogP contribution < -0.4 is 0 Å². The Morgan fingerprint density at radius 2 is 2.58 bits per heavy atom. The lowest BCUT2D eigenvalue weighted by Crippen LogP contribution is -1.97. The highest BCUT2D eigenvalue weighted by Gasteiger charge is 1.89. The molecule has 12 heavy (non-hydrogen) atoms. The zero-order chi connectivity index (χ0) is 8.81. The summed E-state index contributed by atoms with van der Waals surface area (Å²) in [4.78, 5) is 1.14. The maximum absolute atomic E-state index is 7.29. The predicted molar refractivity (Wildman–Crippen MR) is 52.7 cm³/mol. The van der Waals surface area contributed by atoms with Gasteiger partial charge >= 0.3 is 0 Å². The van der Waals surface area contributed by atoms with Gasteiger partial charge in [-0.25, -0.2) is 0 Å². The summed E-state index contributed by atoms with van der Waals surface area (Å²) >= 11 is 1.64. The van der Waals surface area contributed by atoms with Gasteiger partial charge in [0.15, 0.2) is 0 Å². The minimum absolute atomic E-state index is 0.214. The summed E-state index contributed by atoms with van der Waals surface area (Å²) in [6.45, 7) is 2.42. The van der Waals surface area contributed by atoms with E-state index in [1.807, 2.05) is 30.5 Å². The second kappa shape index (κ2) is 4.72. The molecule has 0 aliphatic heterocycles. The van der Waals surface area contributed by atoms with Gasteiger partial charge in [-0.2, -0.15) is 0 Å². The zero-order valence-corrected chi connectivity index (χ0v) is 7.73. The van der Waals surface area contributed by atoms with Gasteiger partial charge in [-0.1, -0.05) is 6.07 Å². The van der Waals surface area contributed by atoms with Crippen LogP contribution >= 0.6 is 11.3 Å². The molecule has 0 spiro atoms. The SMILES string of the molecule is CCOC(=N)C=Cc1cccs1. The number of ether oxygens (including phenoxy) is 1. The second-order valence-electron chi connectivity index (χ2n) is 2.15. The van der Waals surface area contributed by atoms with Gasteiger partial charge in [0.2, 0.25) is 5.90 Å². The average molecular weight is 181 g/mol. The Morgan fingerprint density at radius 3 is 3.17 bits per heavy atom. The minimum atomic E-state index is 0.214. The Bertz CT molecular complexity index is 264. The molecule has 3 heteroatoms. The standard InChI is InChI=1S/C9H11NOS/c1-2-11-9(10)6-5-8-4-3-7-12-8/h3-7,10H,2H2,1H3. The van der Waals surface area contributed by atoms with Crippen molar-refractivity contribution in [3.63, 3.8) is 0 Å². The Balaban J connectivity index is 2.45. The van der Waals surface area contributed by atoms with Crippen molar-refractivity contribution >= 4 is 23.3 Å². The highest BCUT2D eigenvalue weighted by atomic mass is 32.1. The first-order chi connectivity index (χ1) is 5.83. The Hall–Kier alpha value is -1.09. The van der Waals surface area contributed by atoms with E-state index in [9.17, 15) is 0 Å². The molecule has 0 unspecified atom stereocenters. The first-order valence-electron chi connectivity index (χ1n) is 3.76. The molecule has 0 radical (unpaired) electrons. The van der Waals surface area contributed by atoms with Gasteiger partial charge in [-0.05, 0) is 24.4 Å². The van der Waals surface area contributed by atoms with Crippen LogP contribution in [0, 0.1) is 5.41 Å². The molecule has 0 fully saturated rings. The first-order valence-corrected chi connectivity index (χ1v) is 4.64. The fraction of sp³-hybridized carbons (Fsp3) is 0.222. The summed E-state index contributed by atoms with van der Waals surface area (Å²) in [5.41, 5.74) is 0. The Morgan fingerprint density at radius 1 is 1.75 bits per heavy atom. The molecule has 1 rings (SSSR count). The van der Waals surface area contributed by atoms with E-state index in [0.717, 1.165) is 4.88 Å². The Kier molecular flexibility index (Phi) is 3.54. The third-order valence-electron chi connectivity index (χ3n) is 1.24. The van der Waals surface area contributed by atoms with E-state index in [1.165, 1.54) is 0 Å². The molecule has 64 valence electrons. The maximum Gasteiger partial charge on any atom is 0.205 e. The molecule has 0 amide bonds. The molecule has 1 heterocycles. The van der Waals surface area contributed by atoms with E-state index >= 15 is 0 Å². The molecule has 0 saturated heterocycles. The summed E-state index contributed by atoms with van der Waals surface area (Å²) in [5, 5.41) is 9.29. The van der Waals surface area contributed by atoms with Crippen LogP contribution in [0.1, 0.15) is 11.8 Å². The van der Waals surface area contributed by atoms with Crippen LogP contribution in [0.5, 0.6) is 0 Å². The van der Waals surface area contributed by atoms with E-state index in [-0.39, 0.29) is 5.90 Å². The number of hydrogen-bond donors (Lipinski definition) is 1. The van der Waals surface area contributed by atoms with Crippen LogP contribution in [0.3, 0.4) is 0 Å². The van der Waals surface area contributed by atoms with E-state index in [4.69, 9.17) is 10.1 Å². The molecular formula is C9H11NOS. The fourth-order valence-electron chi connectivity index (χ4n) is 0.748. The average Bonchev–Trinajstić information content (AvgIpc) is 2.53. The van der Waals surface area contributed by atoms with Crippen LogP contribution in [-0.2, 0) is 4.74 Å². The molecule has 1 aromatic heterocycles. The van der Waals surface area contributed by atoms with Crippen molar-refractivity contribution in [1.29, 1.82) is 5.41 Å². The van der Waals surface area contributed by atoms with Crippen molar-refractivity contribution in [2.75, 3.05) is 6.61 Å². The smallest absolute Gasteiger partial charge is 0.205 e. The third kappa shape index (κ3) is 2.88. The summed E-state index contributed by atoms with van der Waals surface area (Å²) in [6.07, 6.45) is 3.54. The summed E-state index contributed by atoms with van der Waals surface area (Å²) in [6, 6.07) is 3.98. The normalized spacial score (nSPS) is 10.4. The molecule has 0 atom stereocenters. The topological polar surface area (TPSA) is 33.1 Å². The lowest BCUT2D eigenvalue weighted by atomic mass is 10.4. The van der Waals surface area contributed by atoms with Gasteiger partial charge in [-0.3, -0.25) is 5.41 Å². The van der Waals surface area contributed by atoms with Gasteiger partial charge in [0.05, 0.1) is 6.61 Å². The monoisotopic (exact) mass is 181 g/mol. The lowest BCUT2D eigenvalue weighted by molar-refractivity contribution is 0.327. The second-order valence-corrected chi connectivity index (χ2v) is 3.13. The summed E-state index contributed by atoms with van der Waals surface area (Å²) in [5.74, 6) is 0.214. The molecule has 0 aromatic carbocycles. The quantitative estimate of drug-likeness (QED) is 0.564. The van der Waals surface area contributed by atoms with Gasteiger partial charge in [0.1, 0.15) is 0 Å². The highest BCUT2D eigenvalue weighted by molar-refractivity contribution is 7.10. The molecular weight excluding hydrogens is 170 g/mol. The van der Waals surface area contributed by atoms with Crippen molar-refractivity contribution < 1.29 is 4.74 Å². The van der Waals surface area contributed by atoms with Crippen molar-refractivity contribution in [1.82, 2.24) is 0 Å². The molecule has 0 bridgehead atoms. The molecule has 2 nitrogen and oxygen atoms in total. The van der Waals surface area contributed by atoms with Crippen LogP contribution in [0.15, 0.2) is 23.6 Å². The van der Waals surface area contributed by atoms with Gasteiger partial charge in [-0.15, -0.1) is 11.3 Å². The van der Waals surface area contributed by atoms with Crippen molar-refractivity contribution in [2.45, 2.75) is 6.92 Å². The first kappa shape index (κ1) is 9.00. The van der Waals surface area contributed by atoms with E-state index < -0.39 is 0 Å². The fourth-order valence-corrected chi connectivity index (χ4v) is 1.37. The van der Waals surface area contributed by atoms with Gasteiger partial charge < -0.3 is 4.74 Å². The van der Waals surface area contributed by atoms with Crippen LogP contribution in [-0.4, -0.2) is 12.5 Å². The van der Waals surface area contributed by atoms with E-state index in [0.29, 0.717) is 6.61 Å². The summed E-state index contributed by atoms with van der Waals surface area (Å²) < 4.78 is 4.94. The van der Waals surface area contributed by atoms with Crippen molar-refractivity contribution in [3.8, 4) is 0 Å². The lowest BCUT2D eigenvalue weighted by Gasteiger charge is -1.96. The van der Waals surface area contributed by atoms with E-state index in [2.05, 4.69) is 0 Å². The maximum atomic E-state index is 7.29. The minimum Gasteiger partial charge on any atom is -0.478 e. The Labute approximate surface area is 76.0 Å². The van der Waals surface area contributed by atoms with Crippen LogP contribution in [0.2, 0.25) is 0 Å². The third-order valence-corrected chi connectivity index (χ3v) is 2.08. The molecule has 0 saturated carbocycles. The van der Waals surface area contributed by atoms with Gasteiger partial charge in [0.25, 0.3) is 0 Å². The number of nitrogens with one attached hydrogen (secondary N) is 1. The van der Waals surface area contributed by atoms with Crippen molar-refractivity contribution in [3.05, 3.63) is 28.5 Å². The van der Waals surface area contributed by atoms with E-state index in [1.54, 1.807) is 17.4 Å². The predicted octanol–water partition coefficient (Wildman–Crippen LogP) is 2.78. The summed E-state index contributed by atoms with van der Waals surface area (Å²) in [7, 11) is 0. The van der Waals surface area contributed by atoms with Crippen LogP contribution in [0.4, 0.5) is 0 Å². The van der Waals surface area contributed by atoms with Crippen LogP contribution in [0.25, 0.3) is 6.08 Å².